The van der Waals surface area contributed by atoms with Crippen molar-refractivity contribution in [2.45, 2.75) is 39.2 Å². The molecule has 0 radical (unpaired) electrons. The van der Waals surface area contributed by atoms with Crippen LogP contribution < -0.4 is 9.80 Å². The van der Waals surface area contributed by atoms with E-state index < -0.39 is 0 Å². The first-order chi connectivity index (χ1) is 13.7. The van der Waals surface area contributed by atoms with Crippen LogP contribution >= 0.6 is 0 Å². The van der Waals surface area contributed by atoms with Crippen LogP contribution in [0.25, 0.3) is 11.4 Å². The maximum absolute atomic E-state index is 5.53. The Kier molecular flexibility index (Phi) is 5.50. The summed E-state index contributed by atoms with van der Waals surface area (Å²) in [7, 11) is 2.02. The van der Waals surface area contributed by atoms with Crippen LogP contribution in [0.1, 0.15) is 37.6 Å². The Hall–Kier alpha value is -2.96. The Bertz CT molecular complexity index is 904. The van der Waals surface area contributed by atoms with Crippen molar-refractivity contribution in [2.75, 3.05) is 29.9 Å². The zero-order chi connectivity index (χ0) is 19.3. The summed E-state index contributed by atoms with van der Waals surface area (Å²) in [6.07, 6.45) is 6.35. The second kappa shape index (κ2) is 8.37. The zero-order valence-corrected chi connectivity index (χ0v) is 16.5. The number of nitrogens with zero attached hydrogens (tertiary/aromatic N) is 6. The molecule has 4 heterocycles. The third kappa shape index (κ3) is 4.13. The normalized spacial score (nSPS) is 14.3. The van der Waals surface area contributed by atoms with E-state index in [1.807, 2.05) is 31.3 Å². The van der Waals surface area contributed by atoms with Gasteiger partial charge in [-0.1, -0.05) is 18.1 Å². The van der Waals surface area contributed by atoms with Crippen molar-refractivity contribution >= 4 is 11.8 Å². The van der Waals surface area contributed by atoms with Crippen LogP contribution in [0.15, 0.2) is 41.1 Å². The number of aryl methyl sites for hydroxylation is 1. The maximum atomic E-state index is 5.53. The molecule has 0 amide bonds. The molecule has 0 N–H and O–H groups in total. The molecule has 0 aromatic carbocycles. The number of hydrogen-bond acceptors (Lipinski definition) is 7. The molecule has 3 aromatic heterocycles. The fraction of sp³-hybridized carbons (Fsp3) is 0.429. The minimum Gasteiger partial charge on any atom is -0.359 e. The van der Waals surface area contributed by atoms with Gasteiger partial charge in [-0.3, -0.25) is 4.98 Å². The number of hydrogen-bond donors (Lipinski definition) is 0. The average Bonchev–Trinajstić information content (AvgIpc) is 3.23. The van der Waals surface area contributed by atoms with Gasteiger partial charge in [-0.15, -0.1) is 0 Å². The van der Waals surface area contributed by atoms with Gasteiger partial charge in [0.2, 0.25) is 5.95 Å². The third-order valence-corrected chi connectivity index (χ3v) is 5.03. The van der Waals surface area contributed by atoms with Crippen molar-refractivity contribution in [1.82, 2.24) is 20.1 Å². The van der Waals surface area contributed by atoms with Crippen molar-refractivity contribution in [2.24, 2.45) is 0 Å². The monoisotopic (exact) mass is 378 g/mol. The highest BCUT2D eigenvalue weighted by atomic mass is 16.5. The predicted octanol–water partition coefficient (Wildman–Crippen LogP) is 3.72. The molecule has 146 valence electrons. The summed E-state index contributed by atoms with van der Waals surface area (Å²) in [5, 5.41) is 4.15. The van der Waals surface area contributed by atoms with Gasteiger partial charge < -0.3 is 14.3 Å². The van der Waals surface area contributed by atoms with Crippen LogP contribution in [-0.2, 0) is 13.0 Å². The lowest BCUT2D eigenvalue weighted by molar-refractivity contribution is 0.384. The van der Waals surface area contributed by atoms with Crippen LogP contribution in [0, 0.1) is 0 Å². The van der Waals surface area contributed by atoms with E-state index in [2.05, 4.69) is 32.9 Å². The molecule has 1 saturated heterocycles. The minimum atomic E-state index is 0.583. The van der Waals surface area contributed by atoms with Gasteiger partial charge in [-0.05, 0) is 37.8 Å². The van der Waals surface area contributed by atoms with Gasteiger partial charge in [-0.25, -0.2) is 4.98 Å². The molecule has 1 fully saturated rings. The summed E-state index contributed by atoms with van der Waals surface area (Å²) in [6.45, 7) is 4.78. The zero-order valence-electron chi connectivity index (χ0n) is 16.5. The van der Waals surface area contributed by atoms with Gasteiger partial charge in [0, 0.05) is 44.2 Å². The van der Waals surface area contributed by atoms with Gasteiger partial charge in [0.05, 0.1) is 12.2 Å². The summed E-state index contributed by atoms with van der Waals surface area (Å²) in [4.78, 5) is 18.3. The Balaban J connectivity index is 1.53. The standard InChI is InChI=1S/C21H26N6O/c1-3-16-13-20(24-21(23-16)27-11-7-4-8-12-27)26(2)15-17-14-19(25-28-17)18-9-5-6-10-22-18/h5-6,9-10,13-14H,3-4,7-8,11-12,15H2,1-2H3. The lowest BCUT2D eigenvalue weighted by Crippen LogP contribution is -2.32. The molecule has 0 unspecified atom stereocenters. The molecule has 0 spiro atoms. The Morgan fingerprint density at radius 3 is 2.68 bits per heavy atom. The molecule has 3 aromatic rings. The van der Waals surface area contributed by atoms with Gasteiger partial charge in [-0.2, -0.15) is 4.98 Å². The van der Waals surface area contributed by atoms with Crippen LogP contribution in [0.5, 0.6) is 0 Å². The predicted molar refractivity (Wildman–Crippen MR) is 109 cm³/mol. The van der Waals surface area contributed by atoms with Gasteiger partial charge in [0.1, 0.15) is 11.5 Å². The molecule has 7 nitrogen and oxygen atoms in total. The lowest BCUT2D eigenvalue weighted by atomic mass is 10.1. The summed E-state index contributed by atoms with van der Waals surface area (Å²) >= 11 is 0. The van der Waals surface area contributed by atoms with Gasteiger partial charge in [0.15, 0.2) is 5.76 Å². The average molecular weight is 378 g/mol. The van der Waals surface area contributed by atoms with Crippen LogP contribution in [0.3, 0.4) is 0 Å². The summed E-state index contributed by atoms with van der Waals surface area (Å²) in [6, 6.07) is 9.75. The fourth-order valence-corrected chi connectivity index (χ4v) is 3.42. The van der Waals surface area contributed by atoms with E-state index in [9.17, 15) is 0 Å². The molecule has 0 bridgehead atoms. The van der Waals surface area contributed by atoms with E-state index in [4.69, 9.17) is 14.5 Å². The molecule has 0 atom stereocenters. The highest BCUT2D eigenvalue weighted by molar-refractivity contribution is 5.53. The number of pyridine rings is 1. The van der Waals surface area contributed by atoms with Crippen molar-refractivity contribution in [3.05, 3.63) is 48.0 Å². The second-order valence-corrected chi connectivity index (χ2v) is 7.17. The van der Waals surface area contributed by atoms with Crippen LogP contribution in [0.4, 0.5) is 11.8 Å². The number of rotatable bonds is 6. The number of anilines is 2. The molecule has 7 heteroatoms. The third-order valence-electron chi connectivity index (χ3n) is 5.03. The first kappa shape index (κ1) is 18.4. The number of piperidine rings is 1. The topological polar surface area (TPSA) is 71.2 Å². The quantitative estimate of drug-likeness (QED) is 0.647. The SMILES string of the molecule is CCc1cc(N(C)Cc2cc(-c3ccccn3)no2)nc(N2CCCCC2)n1. The first-order valence-electron chi connectivity index (χ1n) is 9.94. The van der Waals surface area contributed by atoms with E-state index in [0.29, 0.717) is 6.54 Å². The molecule has 1 aliphatic heterocycles. The maximum Gasteiger partial charge on any atom is 0.227 e. The molecule has 4 rings (SSSR count). The first-order valence-corrected chi connectivity index (χ1v) is 9.94. The van der Waals surface area contributed by atoms with Crippen molar-refractivity contribution < 1.29 is 4.52 Å². The van der Waals surface area contributed by atoms with E-state index in [1.165, 1.54) is 19.3 Å². The van der Waals surface area contributed by atoms with E-state index in [0.717, 1.165) is 54.1 Å². The second-order valence-electron chi connectivity index (χ2n) is 7.17. The Morgan fingerprint density at radius 1 is 1.07 bits per heavy atom. The number of aromatic nitrogens is 4. The fourth-order valence-electron chi connectivity index (χ4n) is 3.42. The molecule has 1 aliphatic rings. The van der Waals surface area contributed by atoms with Crippen molar-refractivity contribution in [1.29, 1.82) is 0 Å². The molecular weight excluding hydrogens is 352 g/mol. The lowest BCUT2D eigenvalue weighted by Gasteiger charge is -2.28. The molecular formula is C21H26N6O. The van der Waals surface area contributed by atoms with Crippen LogP contribution in [-0.4, -0.2) is 40.2 Å². The molecule has 28 heavy (non-hydrogen) atoms. The van der Waals surface area contributed by atoms with Crippen molar-refractivity contribution in [3.8, 4) is 11.4 Å². The highest BCUT2D eigenvalue weighted by Crippen LogP contribution is 2.23. The largest absolute Gasteiger partial charge is 0.359 e. The van der Waals surface area contributed by atoms with Gasteiger partial charge in [0.25, 0.3) is 0 Å². The molecule has 0 saturated carbocycles. The van der Waals surface area contributed by atoms with Crippen molar-refractivity contribution in [3.63, 3.8) is 0 Å². The highest BCUT2D eigenvalue weighted by Gasteiger charge is 2.17. The summed E-state index contributed by atoms with van der Waals surface area (Å²) in [5.41, 5.74) is 2.61. The molecule has 0 aliphatic carbocycles. The Morgan fingerprint density at radius 2 is 1.93 bits per heavy atom. The minimum absolute atomic E-state index is 0.583. The Labute approximate surface area is 165 Å². The van der Waals surface area contributed by atoms with E-state index in [-0.39, 0.29) is 0 Å². The summed E-state index contributed by atoms with van der Waals surface area (Å²) < 4.78 is 5.53. The smallest absolute Gasteiger partial charge is 0.227 e. The van der Waals surface area contributed by atoms with E-state index in [1.54, 1.807) is 6.20 Å². The van der Waals surface area contributed by atoms with Gasteiger partial charge >= 0.3 is 0 Å². The van der Waals surface area contributed by atoms with E-state index >= 15 is 0 Å². The summed E-state index contributed by atoms with van der Waals surface area (Å²) in [5.74, 6) is 2.52. The van der Waals surface area contributed by atoms with Crippen LogP contribution in [0.2, 0.25) is 0 Å².